The lowest BCUT2D eigenvalue weighted by atomic mass is 9.60. The van der Waals surface area contributed by atoms with E-state index in [-0.39, 0.29) is 11.8 Å². The smallest absolute Gasteiger partial charge is 0.164 e. The Morgan fingerprint density at radius 2 is 0.439 bits per heavy atom. The molecular weight excluding hydrogens is 1200 g/mol. The van der Waals surface area contributed by atoms with Crippen molar-refractivity contribution in [1.82, 2.24) is 49.0 Å². The molecule has 10 heteroatoms. The first kappa shape index (κ1) is 56.4. The number of hydrogen-bond acceptors (Lipinski definition) is 8. The summed E-state index contributed by atoms with van der Waals surface area (Å²) < 4.78 is 4.44. The Morgan fingerprint density at radius 1 is 0.184 bits per heavy atom. The minimum Gasteiger partial charge on any atom is -0.292 e. The highest BCUT2D eigenvalue weighted by molar-refractivity contribution is 5.86. The highest BCUT2D eigenvalue weighted by Gasteiger charge is 2.41. The first-order chi connectivity index (χ1) is 48.5. The number of benzene rings is 13. The summed E-state index contributed by atoms with van der Waals surface area (Å²) >= 11 is 0. The Labute approximate surface area is 565 Å². The molecule has 0 saturated carbocycles. The Hall–Kier alpha value is -13.2. The van der Waals surface area contributed by atoms with Crippen molar-refractivity contribution in [2.75, 3.05) is 0 Å². The van der Waals surface area contributed by atoms with E-state index < -0.39 is 0 Å². The standard InChI is InChI=1S/C88H56N10/c1-5-19-57(20-6-1)81-91-83(95-85(93-81)61-41-45-63(46-42-61)87-89-75-29-15-17-31-77(75)97(87)67-23-9-3-10-24-67)59-37-33-55(34-38-59)65-49-51-71-73(53-65)79-69-27-13-14-28-70(69)80(71)74-54-66(50-52-72(74)79)56-35-39-60(40-36-56)84-92-82(58-21-7-2-8-22-58)94-86(96-84)62-43-47-64(48-44-62)88-90-76-30-16-18-32-78(76)98(88)68-25-11-4-12-26-68/h1-54,79-80H. The van der Waals surface area contributed by atoms with E-state index in [2.05, 4.69) is 252 Å². The van der Waals surface area contributed by atoms with E-state index in [1.54, 1.807) is 0 Å². The molecule has 10 nitrogen and oxygen atoms in total. The molecule has 2 atom stereocenters. The lowest BCUT2D eigenvalue weighted by Crippen LogP contribution is -2.27. The van der Waals surface area contributed by atoms with Crippen molar-refractivity contribution in [2.24, 2.45) is 0 Å². The average Bonchev–Trinajstić information content (AvgIpc) is 0.722. The van der Waals surface area contributed by atoms with Crippen LogP contribution >= 0.6 is 0 Å². The molecule has 0 amide bonds. The molecule has 13 aromatic carbocycles. The lowest BCUT2D eigenvalue weighted by molar-refractivity contribution is 0.755. The van der Waals surface area contributed by atoms with Crippen LogP contribution in [0.1, 0.15) is 45.2 Å². The molecule has 4 heterocycles. The third-order valence-corrected chi connectivity index (χ3v) is 19.3. The fourth-order valence-corrected chi connectivity index (χ4v) is 14.6. The zero-order valence-electron chi connectivity index (χ0n) is 52.8. The van der Waals surface area contributed by atoms with Crippen LogP contribution in [0.15, 0.2) is 328 Å². The van der Waals surface area contributed by atoms with Crippen molar-refractivity contribution in [2.45, 2.75) is 11.8 Å². The maximum Gasteiger partial charge on any atom is 0.164 e. The first-order valence-electron chi connectivity index (χ1n) is 33.0. The van der Waals surface area contributed by atoms with E-state index >= 15 is 0 Å². The van der Waals surface area contributed by atoms with E-state index in [4.69, 9.17) is 39.9 Å². The molecule has 3 aliphatic rings. The summed E-state index contributed by atoms with van der Waals surface area (Å²) in [6, 6.07) is 115. The van der Waals surface area contributed by atoms with Gasteiger partial charge >= 0.3 is 0 Å². The number of imidazole rings is 2. The second-order valence-electron chi connectivity index (χ2n) is 25.0. The summed E-state index contributed by atoms with van der Waals surface area (Å²) in [6.45, 7) is 0. The summed E-state index contributed by atoms with van der Waals surface area (Å²) in [5.74, 6) is 5.53. The Bertz CT molecular complexity index is 5530. The number of para-hydroxylation sites is 6. The van der Waals surface area contributed by atoms with Crippen molar-refractivity contribution in [1.29, 1.82) is 0 Å². The van der Waals surface area contributed by atoms with Crippen LogP contribution in [0.5, 0.6) is 0 Å². The third-order valence-electron chi connectivity index (χ3n) is 19.3. The second kappa shape index (κ2) is 23.4. The molecule has 3 aliphatic carbocycles. The lowest BCUT2D eigenvalue weighted by Gasteiger charge is -2.42. The Morgan fingerprint density at radius 3 is 0.786 bits per heavy atom. The van der Waals surface area contributed by atoms with Crippen LogP contribution < -0.4 is 0 Å². The summed E-state index contributed by atoms with van der Waals surface area (Å²) in [5, 5.41) is 0. The van der Waals surface area contributed by atoms with Crippen molar-refractivity contribution < 1.29 is 0 Å². The minimum absolute atomic E-state index is 0.0850. The van der Waals surface area contributed by atoms with Crippen molar-refractivity contribution in [3.63, 3.8) is 0 Å². The predicted octanol–water partition coefficient (Wildman–Crippen LogP) is 20.4. The van der Waals surface area contributed by atoms with Gasteiger partial charge in [-0.1, -0.05) is 267 Å². The zero-order chi connectivity index (χ0) is 64.6. The zero-order valence-corrected chi connectivity index (χ0v) is 52.8. The molecule has 98 heavy (non-hydrogen) atoms. The quantitative estimate of drug-likeness (QED) is 0.119. The van der Waals surface area contributed by atoms with Crippen molar-refractivity contribution in [3.05, 3.63) is 361 Å². The van der Waals surface area contributed by atoms with Gasteiger partial charge in [0.1, 0.15) is 11.6 Å². The van der Waals surface area contributed by atoms with Crippen LogP contribution in [0.4, 0.5) is 0 Å². The van der Waals surface area contributed by atoms with Crippen molar-refractivity contribution >= 4 is 22.1 Å². The number of hydrogen-bond donors (Lipinski definition) is 0. The summed E-state index contributed by atoms with van der Waals surface area (Å²) in [6.07, 6.45) is 0. The highest BCUT2D eigenvalue weighted by Crippen LogP contribution is 2.57. The average molecular weight is 1250 g/mol. The van der Waals surface area contributed by atoms with Crippen LogP contribution in [-0.2, 0) is 0 Å². The van der Waals surface area contributed by atoms with Crippen LogP contribution in [0.2, 0.25) is 0 Å². The van der Waals surface area contributed by atoms with E-state index in [1.807, 2.05) is 84.9 Å². The predicted molar refractivity (Wildman–Crippen MR) is 392 cm³/mol. The van der Waals surface area contributed by atoms with Gasteiger partial charge in [-0.3, -0.25) is 9.13 Å². The molecule has 0 saturated heterocycles. The number of fused-ring (bicyclic) bond motifs is 2. The molecule has 0 radical (unpaired) electrons. The van der Waals surface area contributed by atoms with Gasteiger partial charge < -0.3 is 0 Å². The third kappa shape index (κ3) is 9.80. The number of nitrogens with zero attached hydrogens (tertiary/aromatic N) is 10. The van der Waals surface area contributed by atoms with Crippen LogP contribution in [-0.4, -0.2) is 49.0 Å². The van der Waals surface area contributed by atoms with Crippen LogP contribution in [0.3, 0.4) is 0 Å². The van der Waals surface area contributed by atoms with Gasteiger partial charge in [0.2, 0.25) is 0 Å². The molecule has 2 bridgehead atoms. The molecule has 17 aromatic rings. The maximum atomic E-state index is 5.17. The van der Waals surface area contributed by atoms with Gasteiger partial charge in [-0.2, -0.15) is 0 Å². The minimum atomic E-state index is 0.0850. The van der Waals surface area contributed by atoms with Gasteiger partial charge in [0.15, 0.2) is 34.9 Å². The van der Waals surface area contributed by atoms with Gasteiger partial charge in [-0.25, -0.2) is 39.9 Å². The van der Waals surface area contributed by atoms with E-state index in [0.717, 1.165) is 112 Å². The van der Waals surface area contributed by atoms with Crippen LogP contribution in [0.25, 0.3) is 147 Å². The molecule has 458 valence electrons. The number of rotatable bonds is 12. The molecule has 0 fully saturated rings. The molecule has 20 rings (SSSR count). The van der Waals surface area contributed by atoms with Crippen LogP contribution in [0, 0.1) is 0 Å². The molecule has 4 aromatic heterocycles. The normalized spacial score (nSPS) is 13.5. The molecular formula is C88H56N10. The molecule has 0 N–H and O–H groups in total. The van der Waals surface area contributed by atoms with E-state index in [0.29, 0.717) is 34.9 Å². The fourth-order valence-electron chi connectivity index (χ4n) is 14.6. The fraction of sp³-hybridized carbons (Fsp3) is 0.0227. The Kier molecular flexibility index (Phi) is 13.4. The first-order valence-corrected chi connectivity index (χ1v) is 33.0. The topological polar surface area (TPSA) is 113 Å². The maximum absolute atomic E-state index is 5.17. The van der Waals surface area contributed by atoms with Crippen molar-refractivity contribution in [3.8, 4) is 125 Å². The highest BCUT2D eigenvalue weighted by atomic mass is 15.1. The van der Waals surface area contributed by atoms with Gasteiger partial charge in [0.25, 0.3) is 0 Å². The number of aromatic nitrogens is 10. The van der Waals surface area contributed by atoms with E-state index in [9.17, 15) is 0 Å². The van der Waals surface area contributed by atoms with Gasteiger partial charge in [0.05, 0.1) is 22.1 Å². The van der Waals surface area contributed by atoms with Gasteiger partial charge in [-0.15, -0.1) is 0 Å². The SMILES string of the molecule is c1ccc(-c2nc(-c3ccc(-c4ccc5c(c4)C4c6ccccc6C5c5cc(-c6ccc(-c7nc(-c8ccccc8)nc(-c8ccc(-c9nc%10ccccc%10n9-c9ccccc9)cc8)n7)cc6)ccc54)cc3)nc(-c3ccc(-c4nc5ccccc5n4-c4ccccc4)cc3)n2)cc1. The summed E-state index contributed by atoms with van der Waals surface area (Å²) in [5.41, 5.74) is 26.2. The van der Waals surface area contributed by atoms with Gasteiger partial charge in [-0.05, 0) is 116 Å². The second-order valence-corrected chi connectivity index (χ2v) is 25.0. The molecule has 2 unspecified atom stereocenters. The molecule has 0 aliphatic heterocycles. The van der Waals surface area contributed by atoms with Gasteiger partial charge in [0, 0.05) is 67.7 Å². The van der Waals surface area contributed by atoms with E-state index in [1.165, 1.54) is 33.4 Å². The Balaban J connectivity index is 0.611. The summed E-state index contributed by atoms with van der Waals surface area (Å²) in [4.78, 5) is 40.9. The molecule has 0 spiro atoms. The summed E-state index contributed by atoms with van der Waals surface area (Å²) in [7, 11) is 0. The monoisotopic (exact) mass is 1250 g/mol. The largest absolute Gasteiger partial charge is 0.292 e.